The highest BCUT2D eigenvalue weighted by atomic mass is 16.1. The van der Waals surface area contributed by atoms with E-state index in [-0.39, 0.29) is 17.9 Å². The molecule has 13 heavy (non-hydrogen) atoms. The lowest BCUT2D eigenvalue weighted by Crippen LogP contribution is -2.39. The van der Waals surface area contributed by atoms with E-state index in [1.165, 1.54) is 0 Å². The van der Waals surface area contributed by atoms with Crippen molar-refractivity contribution >= 4 is 5.91 Å². The molecular formula is C10H22N2O. The first kappa shape index (κ1) is 12.4. The minimum absolute atomic E-state index is 0.0475. The number of carbonyl (C=O) groups is 1. The van der Waals surface area contributed by atoms with Crippen LogP contribution in [0.4, 0.5) is 0 Å². The van der Waals surface area contributed by atoms with Crippen LogP contribution in [0.1, 0.15) is 34.1 Å². The van der Waals surface area contributed by atoms with E-state index in [0.29, 0.717) is 12.5 Å². The summed E-state index contributed by atoms with van der Waals surface area (Å²) < 4.78 is 0. The second-order valence-corrected chi connectivity index (χ2v) is 4.29. The maximum Gasteiger partial charge on any atom is 0.222 e. The van der Waals surface area contributed by atoms with Crippen molar-refractivity contribution in [2.45, 2.75) is 40.2 Å². The molecule has 0 bridgehead atoms. The number of rotatable bonds is 5. The molecule has 3 heteroatoms. The topological polar surface area (TPSA) is 55.1 Å². The fourth-order valence-corrected chi connectivity index (χ4v) is 1.12. The lowest BCUT2D eigenvalue weighted by molar-refractivity contribution is -0.124. The molecule has 0 aromatic heterocycles. The molecule has 0 rings (SSSR count). The summed E-state index contributed by atoms with van der Waals surface area (Å²) in [5, 5.41) is 2.82. The van der Waals surface area contributed by atoms with E-state index in [1.54, 1.807) is 0 Å². The summed E-state index contributed by atoms with van der Waals surface area (Å²) in [6, 6.07) is 0.0858. The van der Waals surface area contributed by atoms with Gasteiger partial charge in [-0.3, -0.25) is 4.79 Å². The van der Waals surface area contributed by atoms with Crippen molar-refractivity contribution in [3.63, 3.8) is 0 Å². The van der Waals surface area contributed by atoms with Crippen LogP contribution in [0.5, 0.6) is 0 Å². The van der Waals surface area contributed by atoms with Gasteiger partial charge < -0.3 is 11.1 Å². The van der Waals surface area contributed by atoms with Gasteiger partial charge in [0.05, 0.1) is 0 Å². The quantitative estimate of drug-likeness (QED) is 0.676. The Kier molecular flexibility index (Phi) is 5.71. The normalized spacial score (nSPS) is 13.5. The molecule has 0 fully saturated rings. The molecule has 0 aromatic carbocycles. The predicted octanol–water partition coefficient (Wildman–Crippen LogP) is 1.13. The van der Waals surface area contributed by atoms with Crippen molar-refractivity contribution in [2.75, 3.05) is 6.54 Å². The highest BCUT2D eigenvalue weighted by molar-refractivity contribution is 5.77. The van der Waals surface area contributed by atoms with E-state index < -0.39 is 0 Å². The molecule has 1 unspecified atom stereocenters. The van der Waals surface area contributed by atoms with Crippen molar-refractivity contribution < 1.29 is 4.79 Å². The molecule has 1 atom stereocenters. The van der Waals surface area contributed by atoms with Gasteiger partial charge in [-0.05, 0) is 12.3 Å². The monoisotopic (exact) mass is 186 g/mol. The van der Waals surface area contributed by atoms with Crippen molar-refractivity contribution in [2.24, 2.45) is 17.6 Å². The first-order valence-corrected chi connectivity index (χ1v) is 4.96. The van der Waals surface area contributed by atoms with E-state index in [4.69, 9.17) is 5.73 Å². The van der Waals surface area contributed by atoms with Crippen LogP contribution < -0.4 is 11.1 Å². The number of nitrogens with two attached hydrogens (primary N) is 1. The Hall–Kier alpha value is -0.570. The van der Waals surface area contributed by atoms with Crippen molar-refractivity contribution in [1.29, 1.82) is 0 Å². The lowest BCUT2D eigenvalue weighted by atomic mass is 10.0. The largest absolute Gasteiger partial charge is 0.354 e. The average molecular weight is 186 g/mol. The van der Waals surface area contributed by atoms with Crippen LogP contribution in [0.3, 0.4) is 0 Å². The Bertz CT molecular complexity index is 155. The number of carbonyl (C=O) groups excluding carboxylic acids is 1. The standard InChI is InChI=1S/C10H22N2O/c1-7(2)5-9(11)6-12-10(13)8(3)4/h7-9H,5-6,11H2,1-4H3,(H,12,13). The molecule has 0 aromatic rings. The molecule has 0 aliphatic rings. The van der Waals surface area contributed by atoms with Gasteiger partial charge in [-0.1, -0.05) is 27.7 Å². The summed E-state index contributed by atoms with van der Waals surface area (Å²) in [5.74, 6) is 0.719. The van der Waals surface area contributed by atoms with Crippen LogP contribution in [0.15, 0.2) is 0 Å². The van der Waals surface area contributed by atoms with Gasteiger partial charge in [-0.25, -0.2) is 0 Å². The lowest BCUT2D eigenvalue weighted by Gasteiger charge is -2.15. The van der Waals surface area contributed by atoms with Gasteiger partial charge in [-0.15, -0.1) is 0 Å². The Morgan fingerprint density at radius 2 is 1.85 bits per heavy atom. The molecule has 0 saturated carbocycles. The first-order chi connectivity index (χ1) is 5.93. The molecule has 0 saturated heterocycles. The van der Waals surface area contributed by atoms with E-state index in [0.717, 1.165) is 6.42 Å². The molecule has 0 aliphatic heterocycles. The number of hydrogen-bond acceptors (Lipinski definition) is 2. The zero-order valence-electron chi connectivity index (χ0n) is 9.13. The molecule has 1 amide bonds. The molecule has 3 N–H and O–H groups in total. The second-order valence-electron chi connectivity index (χ2n) is 4.29. The highest BCUT2D eigenvalue weighted by Gasteiger charge is 2.09. The van der Waals surface area contributed by atoms with Gasteiger partial charge in [0.1, 0.15) is 0 Å². The predicted molar refractivity (Wildman–Crippen MR) is 55.3 cm³/mol. The van der Waals surface area contributed by atoms with Gasteiger partial charge in [0, 0.05) is 18.5 Å². The van der Waals surface area contributed by atoms with Gasteiger partial charge in [0.15, 0.2) is 0 Å². The summed E-state index contributed by atoms with van der Waals surface area (Å²) in [5.41, 5.74) is 5.81. The van der Waals surface area contributed by atoms with Crippen LogP contribution in [-0.4, -0.2) is 18.5 Å². The van der Waals surface area contributed by atoms with Crippen molar-refractivity contribution in [3.8, 4) is 0 Å². The summed E-state index contributed by atoms with van der Waals surface area (Å²) in [6.45, 7) is 8.61. The maximum absolute atomic E-state index is 11.2. The second kappa shape index (κ2) is 5.97. The molecule has 78 valence electrons. The average Bonchev–Trinajstić information content (AvgIpc) is 1.98. The van der Waals surface area contributed by atoms with Crippen LogP contribution in [0.2, 0.25) is 0 Å². The van der Waals surface area contributed by atoms with E-state index in [2.05, 4.69) is 19.2 Å². The fourth-order valence-electron chi connectivity index (χ4n) is 1.12. The van der Waals surface area contributed by atoms with Crippen LogP contribution >= 0.6 is 0 Å². The van der Waals surface area contributed by atoms with Crippen molar-refractivity contribution in [3.05, 3.63) is 0 Å². The molecular weight excluding hydrogens is 164 g/mol. The Balaban J connectivity index is 3.58. The molecule has 0 radical (unpaired) electrons. The summed E-state index contributed by atoms with van der Waals surface area (Å²) in [4.78, 5) is 11.2. The summed E-state index contributed by atoms with van der Waals surface area (Å²) in [6.07, 6.45) is 0.957. The maximum atomic E-state index is 11.2. The minimum Gasteiger partial charge on any atom is -0.354 e. The van der Waals surface area contributed by atoms with Gasteiger partial charge in [0.2, 0.25) is 5.91 Å². The molecule has 0 aliphatic carbocycles. The van der Waals surface area contributed by atoms with Crippen LogP contribution in [0.25, 0.3) is 0 Å². The minimum atomic E-state index is 0.0475. The number of amides is 1. The zero-order valence-corrected chi connectivity index (χ0v) is 9.13. The highest BCUT2D eigenvalue weighted by Crippen LogP contribution is 2.01. The third kappa shape index (κ3) is 6.58. The van der Waals surface area contributed by atoms with Crippen LogP contribution in [0, 0.1) is 11.8 Å². The third-order valence-corrected chi connectivity index (χ3v) is 1.84. The molecule has 0 heterocycles. The zero-order chi connectivity index (χ0) is 10.4. The Labute approximate surface area is 81.1 Å². The summed E-state index contributed by atoms with van der Waals surface area (Å²) >= 11 is 0. The molecule has 0 spiro atoms. The third-order valence-electron chi connectivity index (χ3n) is 1.84. The summed E-state index contributed by atoms with van der Waals surface area (Å²) in [7, 11) is 0. The molecule has 3 nitrogen and oxygen atoms in total. The van der Waals surface area contributed by atoms with E-state index in [9.17, 15) is 4.79 Å². The van der Waals surface area contributed by atoms with Gasteiger partial charge in [0.25, 0.3) is 0 Å². The van der Waals surface area contributed by atoms with Gasteiger partial charge in [-0.2, -0.15) is 0 Å². The van der Waals surface area contributed by atoms with Gasteiger partial charge >= 0.3 is 0 Å². The smallest absolute Gasteiger partial charge is 0.222 e. The van der Waals surface area contributed by atoms with Crippen molar-refractivity contribution in [1.82, 2.24) is 5.32 Å². The first-order valence-electron chi connectivity index (χ1n) is 4.96. The van der Waals surface area contributed by atoms with Crippen LogP contribution in [-0.2, 0) is 4.79 Å². The fraction of sp³-hybridized carbons (Fsp3) is 0.900. The van der Waals surface area contributed by atoms with E-state index >= 15 is 0 Å². The Morgan fingerprint density at radius 3 is 2.23 bits per heavy atom. The number of nitrogens with one attached hydrogen (secondary N) is 1. The SMILES string of the molecule is CC(C)CC(N)CNC(=O)C(C)C. The Morgan fingerprint density at radius 1 is 1.31 bits per heavy atom. The van der Waals surface area contributed by atoms with E-state index in [1.807, 2.05) is 13.8 Å². The number of hydrogen-bond donors (Lipinski definition) is 2.